The topological polar surface area (TPSA) is 52.0 Å². The minimum atomic E-state index is 0.304. The number of nitrogens with zero attached hydrogens (tertiary/aromatic N) is 3. The minimum Gasteiger partial charge on any atom is -0.379 e. The molecule has 1 aliphatic rings. The van der Waals surface area contributed by atoms with Crippen LogP contribution in [-0.4, -0.2) is 40.8 Å². The van der Waals surface area contributed by atoms with Gasteiger partial charge in [0.15, 0.2) is 0 Å². The summed E-state index contributed by atoms with van der Waals surface area (Å²) >= 11 is 0. The molecule has 3 aromatic rings. The Morgan fingerprint density at radius 3 is 2.88 bits per heavy atom. The summed E-state index contributed by atoms with van der Waals surface area (Å²) in [4.78, 5) is 9.10. The monoisotopic (exact) mass is 352 g/mol. The maximum atomic E-state index is 6.09. The smallest absolute Gasteiger partial charge is 0.107 e. The van der Waals surface area contributed by atoms with Crippen LogP contribution in [0.4, 0.5) is 0 Å². The molecule has 0 spiro atoms. The number of imidazole rings is 1. The predicted octanol–water partition coefficient (Wildman–Crippen LogP) is 3.94. The summed E-state index contributed by atoms with van der Waals surface area (Å²) in [5.41, 5.74) is 3.14. The van der Waals surface area contributed by atoms with E-state index in [0.29, 0.717) is 6.04 Å². The van der Waals surface area contributed by atoms with Crippen molar-refractivity contribution in [3.63, 3.8) is 0 Å². The van der Waals surface area contributed by atoms with E-state index in [1.165, 1.54) is 24.8 Å². The van der Waals surface area contributed by atoms with Gasteiger partial charge in [-0.25, -0.2) is 4.98 Å². The summed E-state index contributed by atoms with van der Waals surface area (Å²) in [6, 6.07) is 8.59. The third kappa shape index (κ3) is 3.60. The number of fused-ring (bicyclic) bond motifs is 3. The number of hydrogen-bond acceptors (Lipinski definition) is 4. The van der Waals surface area contributed by atoms with E-state index in [4.69, 9.17) is 4.74 Å². The van der Waals surface area contributed by atoms with Gasteiger partial charge < -0.3 is 14.6 Å². The lowest BCUT2D eigenvalue weighted by molar-refractivity contribution is 0.0875. The maximum Gasteiger partial charge on any atom is 0.107 e. The number of benzene rings is 1. The van der Waals surface area contributed by atoms with E-state index in [1.54, 1.807) is 0 Å². The molecular formula is C21H28N4O. The second-order valence-corrected chi connectivity index (χ2v) is 7.28. The molecule has 4 rings (SSSR count). The Morgan fingerprint density at radius 2 is 2.04 bits per heavy atom. The van der Waals surface area contributed by atoms with Crippen molar-refractivity contribution >= 4 is 21.9 Å². The molecule has 5 nitrogen and oxygen atoms in total. The van der Waals surface area contributed by atoms with Crippen LogP contribution in [0.1, 0.15) is 38.6 Å². The summed E-state index contributed by atoms with van der Waals surface area (Å²) < 4.78 is 8.37. The second kappa shape index (κ2) is 8.14. The molecule has 0 radical (unpaired) electrons. The molecule has 5 heteroatoms. The molecular weight excluding hydrogens is 324 g/mol. The number of rotatable bonds is 7. The highest BCUT2D eigenvalue weighted by atomic mass is 16.5. The van der Waals surface area contributed by atoms with Gasteiger partial charge in [-0.1, -0.05) is 25.1 Å². The van der Waals surface area contributed by atoms with Crippen molar-refractivity contribution < 1.29 is 4.74 Å². The Labute approximate surface area is 154 Å². The molecule has 1 aromatic carbocycles. The molecule has 1 saturated heterocycles. The van der Waals surface area contributed by atoms with Crippen molar-refractivity contribution in [2.24, 2.45) is 5.92 Å². The number of nitrogens with one attached hydrogen (secondary N) is 1. The average molecular weight is 352 g/mol. The van der Waals surface area contributed by atoms with E-state index in [-0.39, 0.29) is 0 Å². The largest absolute Gasteiger partial charge is 0.379 e. The van der Waals surface area contributed by atoms with Crippen molar-refractivity contribution in [1.82, 2.24) is 19.9 Å². The molecule has 0 amide bonds. The second-order valence-electron chi connectivity index (χ2n) is 7.28. The highest BCUT2D eigenvalue weighted by molar-refractivity contribution is 6.01. The molecule has 3 heterocycles. The number of para-hydroxylation sites is 1. The van der Waals surface area contributed by atoms with Crippen LogP contribution in [0.5, 0.6) is 0 Å². The van der Waals surface area contributed by atoms with Crippen LogP contribution in [0.25, 0.3) is 21.9 Å². The van der Waals surface area contributed by atoms with Crippen LogP contribution < -0.4 is 5.32 Å². The molecule has 1 unspecified atom stereocenters. The van der Waals surface area contributed by atoms with Crippen LogP contribution >= 0.6 is 0 Å². The van der Waals surface area contributed by atoms with Gasteiger partial charge in [-0.2, -0.15) is 0 Å². The van der Waals surface area contributed by atoms with Gasteiger partial charge in [-0.05, 0) is 50.8 Å². The van der Waals surface area contributed by atoms with Crippen LogP contribution in [-0.2, 0) is 4.74 Å². The van der Waals surface area contributed by atoms with E-state index in [9.17, 15) is 0 Å². The number of aromatic nitrogens is 3. The fourth-order valence-electron chi connectivity index (χ4n) is 3.98. The number of pyridine rings is 1. The van der Waals surface area contributed by atoms with Crippen LogP contribution in [0, 0.1) is 5.92 Å². The van der Waals surface area contributed by atoms with Crippen LogP contribution in [0.2, 0.25) is 0 Å². The molecule has 1 fully saturated rings. The SMILES string of the molecule is CCC(COCCC1CCNCC1)n1cnc2cnc3ccccc3c21. The number of hydrogen-bond donors (Lipinski definition) is 1. The first-order valence-electron chi connectivity index (χ1n) is 9.85. The lowest BCUT2D eigenvalue weighted by Gasteiger charge is -2.23. The Morgan fingerprint density at radius 1 is 1.19 bits per heavy atom. The van der Waals surface area contributed by atoms with Gasteiger partial charge in [-0.3, -0.25) is 4.98 Å². The predicted molar refractivity (Wildman–Crippen MR) is 105 cm³/mol. The zero-order valence-corrected chi connectivity index (χ0v) is 15.5. The molecule has 1 aliphatic heterocycles. The van der Waals surface area contributed by atoms with E-state index in [2.05, 4.69) is 45.0 Å². The highest BCUT2D eigenvalue weighted by Gasteiger charge is 2.16. The van der Waals surface area contributed by atoms with Crippen molar-refractivity contribution in [1.29, 1.82) is 0 Å². The fraction of sp³-hybridized carbons (Fsp3) is 0.524. The first-order chi connectivity index (χ1) is 12.9. The zero-order valence-electron chi connectivity index (χ0n) is 15.5. The molecule has 2 aromatic heterocycles. The van der Waals surface area contributed by atoms with E-state index in [0.717, 1.165) is 55.1 Å². The van der Waals surface area contributed by atoms with Gasteiger partial charge in [0.1, 0.15) is 5.52 Å². The van der Waals surface area contributed by atoms with Gasteiger partial charge in [0.2, 0.25) is 0 Å². The zero-order chi connectivity index (χ0) is 17.8. The van der Waals surface area contributed by atoms with Gasteiger partial charge in [-0.15, -0.1) is 0 Å². The molecule has 138 valence electrons. The summed E-state index contributed by atoms with van der Waals surface area (Å²) in [6.45, 7) is 6.13. The molecule has 1 N–H and O–H groups in total. The Hall–Kier alpha value is -1.98. The van der Waals surface area contributed by atoms with Crippen LogP contribution in [0.15, 0.2) is 36.8 Å². The fourth-order valence-corrected chi connectivity index (χ4v) is 3.98. The first kappa shape index (κ1) is 17.4. The van der Waals surface area contributed by atoms with Gasteiger partial charge in [0, 0.05) is 12.0 Å². The molecule has 0 aliphatic carbocycles. The van der Waals surface area contributed by atoms with Crippen molar-refractivity contribution in [3.05, 3.63) is 36.8 Å². The van der Waals surface area contributed by atoms with Gasteiger partial charge in [0.25, 0.3) is 0 Å². The summed E-state index contributed by atoms with van der Waals surface area (Å²) in [5.74, 6) is 0.820. The van der Waals surface area contributed by atoms with Crippen molar-refractivity contribution in [3.8, 4) is 0 Å². The third-order valence-corrected chi connectivity index (χ3v) is 5.61. The van der Waals surface area contributed by atoms with Gasteiger partial charge in [0.05, 0.1) is 36.2 Å². The molecule has 0 bridgehead atoms. The van der Waals surface area contributed by atoms with E-state index in [1.807, 2.05) is 18.6 Å². The molecule has 0 saturated carbocycles. The normalized spacial score (nSPS) is 17.1. The molecule has 26 heavy (non-hydrogen) atoms. The van der Waals surface area contributed by atoms with Crippen LogP contribution in [0.3, 0.4) is 0 Å². The van der Waals surface area contributed by atoms with E-state index < -0.39 is 0 Å². The highest BCUT2D eigenvalue weighted by Crippen LogP contribution is 2.27. The molecule has 1 atom stereocenters. The number of ether oxygens (including phenoxy) is 1. The lowest BCUT2D eigenvalue weighted by Crippen LogP contribution is -2.28. The lowest BCUT2D eigenvalue weighted by atomic mass is 9.95. The number of piperidine rings is 1. The first-order valence-corrected chi connectivity index (χ1v) is 9.85. The summed E-state index contributed by atoms with van der Waals surface area (Å²) in [6.07, 6.45) is 8.59. The minimum absolute atomic E-state index is 0.304. The van der Waals surface area contributed by atoms with E-state index >= 15 is 0 Å². The average Bonchev–Trinajstić information content (AvgIpc) is 3.13. The standard InChI is InChI=1S/C21H28N4O/c1-2-17(14-26-12-9-16-7-10-22-11-8-16)25-15-24-20-13-23-19-6-4-3-5-18(19)21(20)25/h3-6,13,15-17,22H,2,7-12,14H2,1H3. The Balaban J connectivity index is 1.47. The summed E-state index contributed by atoms with van der Waals surface area (Å²) in [5, 5.41) is 4.59. The Bertz CT molecular complexity index is 853. The third-order valence-electron chi connectivity index (χ3n) is 5.61. The summed E-state index contributed by atoms with van der Waals surface area (Å²) in [7, 11) is 0. The van der Waals surface area contributed by atoms with Crippen molar-refractivity contribution in [2.45, 2.75) is 38.6 Å². The maximum absolute atomic E-state index is 6.09. The Kier molecular flexibility index (Phi) is 5.46. The quantitative estimate of drug-likeness (QED) is 0.654. The van der Waals surface area contributed by atoms with Crippen molar-refractivity contribution in [2.75, 3.05) is 26.3 Å². The van der Waals surface area contributed by atoms with Gasteiger partial charge >= 0.3 is 0 Å².